The van der Waals surface area contributed by atoms with E-state index in [9.17, 15) is 24.3 Å². The molecule has 14 heteroatoms. The topological polar surface area (TPSA) is 200 Å². The van der Waals surface area contributed by atoms with Crippen LogP contribution >= 0.6 is 24.4 Å². The van der Waals surface area contributed by atoms with Gasteiger partial charge in [0.25, 0.3) is 0 Å². The SMILES string of the molecule is CSCCC(NC(=O)C(N)Cc1cnc[nH]1)C(=O)NC(C(=O)NC(CS)C(=O)O)C(C)O. The quantitative estimate of drug-likeness (QED) is 0.134. The van der Waals surface area contributed by atoms with E-state index < -0.39 is 54.0 Å². The van der Waals surface area contributed by atoms with Crippen LogP contribution in [0, 0.1) is 0 Å². The van der Waals surface area contributed by atoms with Gasteiger partial charge in [0.2, 0.25) is 17.7 Å². The summed E-state index contributed by atoms with van der Waals surface area (Å²) in [7, 11) is 0. The number of imidazole rings is 1. The van der Waals surface area contributed by atoms with E-state index >= 15 is 0 Å². The van der Waals surface area contributed by atoms with E-state index in [1.165, 1.54) is 31.2 Å². The van der Waals surface area contributed by atoms with Crippen LogP contribution < -0.4 is 21.7 Å². The minimum Gasteiger partial charge on any atom is -0.480 e. The van der Waals surface area contributed by atoms with Crippen LogP contribution in [0.5, 0.6) is 0 Å². The lowest BCUT2D eigenvalue weighted by Crippen LogP contribution is -2.60. The highest BCUT2D eigenvalue weighted by Crippen LogP contribution is 2.05. The number of hydrogen-bond donors (Lipinski definition) is 8. The molecular weight excluding hydrogens is 460 g/mol. The van der Waals surface area contributed by atoms with E-state index in [2.05, 4.69) is 38.5 Å². The average Bonchev–Trinajstić information content (AvgIpc) is 3.24. The van der Waals surface area contributed by atoms with E-state index in [0.29, 0.717) is 11.4 Å². The minimum absolute atomic E-state index is 0.178. The fourth-order valence-electron chi connectivity index (χ4n) is 2.62. The van der Waals surface area contributed by atoms with Gasteiger partial charge >= 0.3 is 5.97 Å². The molecule has 0 bridgehead atoms. The molecule has 1 heterocycles. The second-order valence-corrected chi connectivity index (χ2v) is 8.39. The molecule has 0 saturated heterocycles. The van der Waals surface area contributed by atoms with Gasteiger partial charge in [0.1, 0.15) is 18.1 Å². The van der Waals surface area contributed by atoms with Crippen LogP contribution in [0.4, 0.5) is 0 Å². The van der Waals surface area contributed by atoms with Crippen molar-refractivity contribution in [3.05, 3.63) is 18.2 Å². The molecule has 0 radical (unpaired) electrons. The van der Waals surface area contributed by atoms with Crippen molar-refractivity contribution in [2.75, 3.05) is 17.8 Å². The largest absolute Gasteiger partial charge is 0.480 e. The maximum absolute atomic E-state index is 12.8. The van der Waals surface area contributed by atoms with Gasteiger partial charge in [-0.05, 0) is 25.4 Å². The fourth-order valence-corrected chi connectivity index (χ4v) is 3.33. The summed E-state index contributed by atoms with van der Waals surface area (Å²) in [5, 5.41) is 26.2. The number of hydrogen-bond acceptors (Lipinski definition) is 9. The van der Waals surface area contributed by atoms with E-state index in [1.54, 1.807) is 0 Å². The van der Waals surface area contributed by atoms with Crippen molar-refractivity contribution in [2.24, 2.45) is 5.73 Å². The van der Waals surface area contributed by atoms with Gasteiger partial charge < -0.3 is 36.9 Å². The van der Waals surface area contributed by atoms with E-state index in [4.69, 9.17) is 10.8 Å². The van der Waals surface area contributed by atoms with Gasteiger partial charge in [0.05, 0.1) is 18.5 Å². The van der Waals surface area contributed by atoms with Crippen LogP contribution in [0.3, 0.4) is 0 Å². The van der Waals surface area contributed by atoms with Crippen LogP contribution in [0.25, 0.3) is 0 Å². The van der Waals surface area contributed by atoms with Crippen molar-refractivity contribution in [2.45, 2.75) is 50.0 Å². The number of H-pyrrole nitrogens is 1. The number of aliphatic hydroxyl groups is 1. The number of rotatable bonds is 14. The molecule has 0 saturated carbocycles. The number of carbonyl (C=O) groups excluding carboxylic acids is 3. The Kier molecular flexibility index (Phi) is 12.1. The summed E-state index contributed by atoms with van der Waals surface area (Å²) in [6, 6.07) is -4.69. The zero-order valence-corrected chi connectivity index (χ0v) is 19.5. The predicted molar refractivity (Wildman–Crippen MR) is 122 cm³/mol. The Balaban J connectivity index is 2.85. The van der Waals surface area contributed by atoms with Gasteiger partial charge in [-0.1, -0.05) is 0 Å². The fraction of sp³-hybridized carbons (Fsp3) is 0.611. The number of nitrogens with two attached hydrogens (primary N) is 1. The van der Waals surface area contributed by atoms with E-state index in [0.717, 1.165) is 0 Å². The van der Waals surface area contributed by atoms with Crippen molar-refractivity contribution in [1.82, 2.24) is 25.9 Å². The molecule has 1 rings (SSSR count). The molecule has 12 nitrogen and oxygen atoms in total. The maximum Gasteiger partial charge on any atom is 0.327 e. The van der Waals surface area contributed by atoms with Gasteiger partial charge in [-0.2, -0.15) is 24.4 Å². The first-order valence-electron chi connectivity index (χ1n) is 9.75. The third kappa shape index (κ3) is 9.06. The van der Waals surface area contributed by atoms with Crippen LogP contribution in [0.15, 0.2) is 12.5 Å². The second kappa shape index (κ2) is 14.0. The molecule has 0 spiro atoms. The molecule has 5 atom stereocenters. The molecule has 3 amide bonds. The zero-order chi connectivity index (χ0) is 24.3. The number of nitrogens with zero attached hydrogens (tertiary/aromatic N) is 1. The number of thiol groups is 1. The number of aliphatic carboxylic acids is 1. The molecule has 8 N–H and O–H groups in total. The molecule has 0 aromatic carbocycles. The van der Waals surface area contributed by atoms with Gasteiger partial charge in [-0.25, -0.2) is 9.78 Å². The van der Waals surface area contributed by atoms with Gasteiger partial charge in [-0.15, -0.1) is 0 Å². The number of thioether (sulfide) groups is 1. The van der Waals surface area contributed by atoms with Gasteiger partial charge in [0, 0.05) is 24.1 Å². The molecule has 180 valence electrons. The number of carboxylic acid groups (broad SMARTS) is 1. The predicted octanol–water partition coefficient (Wildman–Crippen LogP) is -2.12. The lowest BCUT2D eigenvalue weighted by Gasteiger charge is -2.26. The number of nitrogens with one attached hydrogen (secondary N) is 4. The summed E-state index contributed by atoms with van der Waals surface area (Å²) in [5.41, 5.74) is 6.57. The van der Waals surface area contributed by atoms with Crippen LogP contribution in [0.2, 0.25) is 0 Å². The molecular formula is C18H30N6O6S2. The number of aromatic nitrogens is 2. The van der Waals surface area contributed by atoms with Crippen LogP contribution in [-0.4, -0.2) is 91.9 Å². The number of aliphatic hydroxyl groups excluding tert-OH is 1. The Morgan fingerprint density at radius 1 is 1.19 bits per heavy atom. The first-order valence-corrected chi connectivity index (χ1v) is 11.8. The Morgan fingerprint density at radius 3 is 2.34 bits per heavy atom. The molecule has 0 aliphatic rings. The molecule has 0 fully saturated rings. The number of carboxylic acids is 1. The highest BCUT2D eigenvalue weighted by atomic mass is 32.2. The summed E-state index contributed by atoms with van der Waals surface area (Å²) in [4.78, 5) is 55.6. The summed E-state index contributed by atoms with van der Waals surface area (Å²) >= 11 is 5.32. The van der Waals surface area contributed by atoms with Gasteiger partial charge in [-0.3, -0.25) is 14.4 Å². The van der Waals surface area contributed by atoms with Crippen molar-refractivity contribution in [3.8, 4) is 0 Å². The van der Waals surface area contributed by atoms with Crippen molar-refractivity contribution >= 4 is 48.1 Å². The van der Waals surface area contributed by atoms with Crippen molar-refractivity contribution in [1.29, 1.82) is 0 Å². The normalized spacial score (nSPS) is 15.7. The van der Waals surface area contributed by atoms with E-state index in [1.807, 2.05) is 6.26 Å². The number of carbonyl (C=O) groups is 4. The molecule has 1 aromatic rings. The summed E-state index contributed by atoms with van der Waals surface area (Å²) in [5.74, 6) is -3.12. The first-order chi connectivity index (χ1) is 15.1. The molecule has 0 aliphatic heterocycles. The van der Waals surface area contributed by atoms with E-state index in [-0.39, 0.29) is 18.6 Å². The minimum atomic E-state index is -1.43. The summed E-state index contributed by atoms with van der Waals surface area (Å²) in [6.45, 7) is 1.27. The van der Waals surface area contributed by atoms with Crippen LogP contribution in [-0.2, 0) is 25.6 Å². The monoisotopic (exact) mass is 490 g/mol. The Labute approximate surface area is 195 Å². The van der Waals surface area contributed by atoms with Crippen molar-refractivity contribution < 1.29 is 29.4 Å². The molecule has 1 aromatic heterocycles. The van der Waals surface area contributed by atoms with Gasteiger partial charge in [0.15, 0.2) is 0 Å². The standard InChI is InChI=1S/C18H30N6O6S2/c1-9(25)14(17(28)23-13(7-31)18(29)30)24-16(27)12(3-4-32-2)22-15(26)11(19)5-10-6-20-8-21-10/h6,8-9,11-14,25,31H,3-5,7,19H2,1-2H3,(H,20,21)(H,22,26)(H,23,28)(H,24,27)(H,29,30). The Hall–Kier alpha value is -2.29. The third-order valence-corrected chi connectivity index (χ3v) is 5.44. The zero-order valence-electron chi connectivity index (χ0n) is 17.8. The summed E-state index contributed by atoms with van der Waals surface area (Å²) in [6.07, 6.45) is 3.92. The number of amides is 3. The van der Waals surface area contributed by atoms with Crippen LogP contribution in [0.1, 0.15) is 19.0 Å². The Morgan fingerprint density at radius 2 is 1.84 bits per heavy atom. The highest BCUT2D eigenvalue weighted by molar-refractivity contribution is 7.98. The highest BCUT2D eigenvalue weighted by Gasteiger charge is 2.32. The first kappa shape index (κ1) is 27.7. The molecule has 32 heavy (non-hydrogen) atoms. The van der Waals surface area contributed by atoms with Crippen molar-refractivity contribution in [3.63, 3.8) is 0 Å². The maximum atomic E-state index is 12.8. The lowest BCUT2D eigenvalue weighted by molar-refractivity contribution is -0.142. The average molecular weight is 491 g/mol. The lowest BCUT2D eigenvalue weighted by atomic mass is 10.1. The second-order valence-electron chi connectivity index (χ2n) is 7.04. The Bertz CT molecular complexity index is 763. The number of aromatic amines is 1. The summed E-state index contributed by atoms with van der Waals surface area (Å²) < 4.78 is 0. The third-order valence-electron chi connectivity index (χ3n) is 4.43. The smallest absolute Gasteiger partial charge is 0.327 e. The molecule has 0 aliphatic carbocycles. The molecule has 5 unspecified atom stereocenters.